The Balaban J connectivity index is 3.67. The zero-order valence-corrected chi connectivity index (χ0v) is 32.7. The number of hydrogen-bond donors (Lipinski definition) is 2. The second-order valence-electron chi connectivity index (χ2n) is 14.4. The van der Waals surface area contributed by atoms with Crippen molar-refractivity contribution in [1.29, 1.82) is 0 Å². The fourth-order valence-electron chi connectivity index (χ4n) is 5.72. The molecule has 0 aromatic heterocycles. The summed E-state index contributed by atoms with van der Waals surface area (Å²) in [5, 5.41) is 19.4. The third kappa shape index (κ3) is 37.1. The smallest absolute Gasteiger partial charge is 0.306 e. The molecule has 0 radical (unpaired) electrons. The van der Waals surface area contributed by atoms with Gasteiger partial charge in [-0.25, -0.2) is 0 Å². The van der Waals surface area contributed by atoms with Crippen LogP contribution in [-0.4, -0.2) is 47.6 Å². The summed E-state index contributed by atoms with van der Waals surface area (Å²) in [4.78, 5) is 24.3. The van der Waals surface area contributed by atoms with Crippen molar-refractivity contribution in [1.82, 2.24) is 0 Å². The van der Waals surface area contributed by atoms with Crippen LogP contribution in [-0.2, 0) is 19.1 Å². The number of hydrogen-bond acceptors (Lipinski definition) is 6. The van der Waals surface area contributed by atoms with Crippen LogP contribution in [0.2, 0.25) is 0 Å². The number of carbonyl (C=O) groups is 2. The topological polar surface area (TPSA) is 93.1 Å². The maximum absolute atomic E-state index is 12.2. The van der Waals surface area contributed by atoms with Gasteiger partial charge in [0.25, 0.3) is 0 Å². The minimum absolute atomic E-state index is 0.107. The largest absolute Gasteiger partial charge is 0.462 e. The summed E-state index contributed by atoms with van der Waals surface area (Å²) in [5.41, 5.74) is 0. The molecule has 0 aliphatic heterocycles. The molecule has 0 aromatic carbocycles. The standard InChI is InChI=1S/C44H78O6/c1-4-5-28-34-41(46)35-30-25-21-17-13-11-15-18-22-26-31-36-43(47)49-39-42(38-45)50-44(48)37-32-27-23-19-14-10-8-6-7-9-12-16-20-24-29-33-40(2)3/h11,13,18,21-22,25,30,35,40-42,45-46H,4-10,12,14-17,19-20,23-24,26-29,31-34,36-39H2,1-3H3/b13-11-,22-18-,25-21-,35-30+/t41-,42+/m1/s1. The maximum atomic E-state index is 12.2. The van der Waals surface area contributed by atoms with Crippen molar-refractivity contribution in [3.05, 3.63) is 48.6 Å². The molecule has 0 saturated carbocycles. The average Bonchev–Trinajstić information content (AvgIpc) is 3.09. The fraction of sp³-hybridized carbons (Fsp3) is 0.773. The number of unbranched alkanes of at least 4 members (excludes halogenated alkanes) is 17. The van der Waals surface area contributed by atoms with E-state index < -0.39 is 6.10 Å². The Hall–Kier alpha value is -2.18. The molecule has 290 valence electrons. The first-order valence-electron chi connectivity index (χ1n) is 20.7. The van der Waals surface area contributed by atoms with E-state index in [1.54, 1.807) is 0 Å². The van der Waals surface area contributed by atoms with Crippen LogP contribution >= 0.6 is 0 Å². The predicted molar refractivity (Wildman–Crippen MR) is 211 cm³/mol. The normalized spacial score (nSPS) is 13.4. The fourth-order valence-corrected chi connectivity index (χ4v) is 5.72. The van der Waals surface area contributed by atoms with Gasteiger partial charge in [-0.05, 0) is 44.4 Å². The molecule has 0 bridgehead atoms. The van der Waals surface area contributed by atoms with E-state index in [0.717, 1.165) is 63.7 Å². The first-order valence-corrected chi connectivity index (χ1v) is 20.7. The minimum Gasteiger partial charge on any atom is -0.462 e. The molecular weight excluding hydrogens is 624 g/mol. The number of ether oxygens (including phenoxy) is 2. The van der Waals surface area contributed by atoms with Crippen LogP contribution < -0.4 is 0 Å². The SMILES string of the molecule is CCCCC[C@@H](O)/C=C/C=C\C/C=C\C/C=C\CCCC(=O)OC[C@H](CO)OC(=O)CCCCCCCCCCCCCCCCCC(C)C. The Kier molecular flexibility index (Phi) is 36.4. The highest BCUT2D eigenvalue weighted by Gasteiger charge is 2.16. The lowest BCUT2D eigenvalue weighted by atomic mass is 10.0. The van der Waals surface area contributed by atoms with Crippen molar-refractivity contribution >= 4 is 11.9 Å². The van der Waals surface area contributed by atoms with E-state index in [1.807, 2.05) is 18.2 Å². The zero-order valence-electron chi connectivity index (χ0n) is 32.7. The number of aliphatic hydroxyl groups excluding tert-OH is 2. The summed E-state index contributed by atoms with van der Waals surface area (Å²) in [7, 11) is 0. The lowest BCUT2D eigenvalue weighted by Gasteiger charge is -2.15. The van der Waals surface area contributed by atoms with Crippen LogP contribution in [0.5, 0.6) is 0 Å². The van der Waals surface area contributed by atoms with Crippen molar-refractivity contribution in [2.24, 2.45) is 5.92 Å². The van der Waals surface area contributed by atoms with E-state index in [2.05, 4.69) is 51.2 Å². The second kappa shape index (κ2) is 38.1. The van der Waals surface area contributed by atoms with E-state index in [9.17, 15) is 19.8 Å². The van der Waals surface area contributed by atoms with Crippen molar-refractivity contribution in [2.75, 3.05) is 13.2 Å². The average molecular weight is 703 g/mol. The van der Waals surface area contributed by atoms with Crippen molar-refractivity contribution < 1.29 is 29.3 Å². The first-order chi connectivity index (χ1) is 24.4. The predicted octanol–water partition coefficient (Wildman–Crippen LogP) is 11.8. The highest BCUT2D eigenvalue weighted by Crippen LogP contribution is 2.15. The van der Waals surface area contributed by atoms with E-state index in [0.29, 0.717) is 12.8 Å². The number of aliphatic hydroxyl groups is 2. The molecule has 0 saturated heterocycles. The minimum atomic E-state index is -0.805. The van der Waals surface area contributed by atoms with Gasteiger partial charge in [-0.1, -0.05) is 185 Å². The molecule has 6 nitrogen and oxygen atoms in total. The van der Waals surface area contributed by atoms with Gasteiger partial charge in [-0.3, -0.25) is 9.59 Å². The third-order valence-corrected chi connectivity index (χ3v) is 8.91. The van der Waals surface area contributed by atoms with Crippen LogP contribution in [0.15, 0.2) is 48.6 Å². The molecule has 0 unspecified atom stereocenters. The van der Waals surface area contributed by atoms with Gasteiger partial charge in [-0.2, -0.15) is 0 Å². The van der Waals surface area contributed by atoms with Crippen LogP contribution in [0.25, 0.3) is 0 Å². The molecule has 50 heavy (non-hydrogen) atoms. The van der Waals surface area contributed by atoms with Gasteiger partial charge < -0.3 is 19.7 Å². The van der Waals surface area contributed by atoms with E-state index in [-0.39, 0.29) is 37.7 Å². The Morgan fingerprint density at radius 3 is 1.70 bits per heavy atom. The van der Waals surface area contributed by atoms with Gasteiger partial charge in [0.1, 0.15) is 6.61 Å². The number of allylic oxidation sites excluding steroid dienone is 7. The van der Waals surface area contributed by atoms with Gasteiger partial charge in [0, 0.05) is 12.8 Å². The summed E-state index contributed by atoms with van der Waals surface area (Å²) < 4.78 is 10.6. The number of esters is 2. The molecule has 0 aliphatic rings. The monoisotopic (exact) mass is 703 g/mol. The Bertz CT molecular complexity index is 874. The van der Waals surface area contributed by atoms with Crippen LogP contribution in [0.3, 0.4) is 0 Å². The quantitative estimate of drug-likeness (QED) is 0.0292. The summed E-state index contributed by atoms with van der Waals surface area (Å²) in [6, 6.07) is 0. The zero-order chi connectivity index (χ0) is 36.8. The Morgan fingerprint density at radius 1 is 0.600 bits per heavy atom. The van der Waals surface area contributed by atoms with Gasteiger partial charge in [0.2, 0.25) is 0 Å². The van der Waals surface area contributed by atoms with Gasteiger partial charge >= 0.3 is 11.9 Å². The van der Waals surface area contributed by atoms with Crippen molar-refractivity contribution in [2.45, 2.75) is 200 Å². The molecule has 0 amide bonds. The summed E-state index contributed by atoms with van der Waals surface area (Å²) in [6.45, 7) is 6.32. The molecular formula is C44H78O6. The molecule has 0 spiro atoms. The van der Waals surface area contributed by atoms with Crippen LogP contribution in [0, 0.1) is 5.92 Å². The summed E-state index contributed by atoms with van der Waals surface area (Å²) in [5.74, 6) is 0.168. The molecule has 0 rings (SSSR count). The lowest BCUT2D eigenvalue weighted by molar-refractivity contribution is -0.161. The summed E-state index contributed by atoms with van der Waals surface area (Å²) in [6.07, 6.45) is 43.6. The van der Waals surface area contributed by atoms with Gasteiger partial charge in [0.05, 0.1) is 12.7 Å². The molecule has 0 aliphatic carbocycles. The van der Waals surface area contributed by atoms with Crippen molar-refractivity contribution in [3.8, 4) is 0 Å². The molecule has 6 heteroatoms. The third-order valence-electron chi connectivity index (χ3n) is 8.91. The van der Waals surface area contributed by atoms with Gasteiger partial charge in [-0.15, -0.1) is 0 Å². The molecule has 2 N–H and O–H groups in total. The van der Waals surface area contributed by atoms with E-state index in [4.69, 9.17) is 9.47 Å². The van der Waals surface area contributed by atoms with Gasteiger partial charge in [0.15, 0.2) is 6.10 Å². The Labute approximate surface area is 308 Å². The molecule has 2 atom stereocenters. The molecule has 0 fully saturated rings. The van der Waals surface area contributed by atoms with E-state index >= 15 is 0 Å². The van der Waals surface area contributed by atoms with Crippen LogP contribution in [0.4, 0.5) is 0 Å². The number of carbonyl (C=O) groups excluding carboxylic acids is 2. The molecule has 0 heterocycles. The maximum Gasteiger partial charge on any atom is 0.306 e. The summed E-state index contributed by atoms with van der Waals surface area (Å²) >= 11 is 0. The molecule has 0 aromatic rings. The second-order valence-corrected chi connectivity index (χ2v) is 14.4. The highest BCUT2D eigenvalue weighted by molar-refractivity contribution is 5.70. The van der Waals surface area contributed by atoms with E-state index in [1.165, 1.54) is 89.9 Å². The lowest BCUT2D eigenvalue weighted by Crippen LogP contribution is -2.28. The number of rotatable bonds is 36. The Morgan fingerprint density at radius 2 is 1.12 bits per heavy atom. The van der Waals surface area contributed by atoms with Crippen molar-refractivity contribution in [3.63, 3.8) is 0 Å². The first kappa shape index (κ1) is 47.8. The highest BCUT2D eigenvalue weighted by atomic mass is 16.6. The van der Waals surface area contributed by atoms with Crippen LogP contribution in [0.1, 0.15) is 188 Å².